The maximum Gasteiger partial charge on any atom is 0.416 e. The van der Waals surface area contributed by atoms with E-state index in [1.165, 1.54) is 0 Å². The predicted octanol–water partition coefficient (Wildman–Crippen LogP) is 2.85. The average molecular weight is 511 g/mol. The smallest absolute Gasteiger partial charge is 0.392 e. The molecule has 3 N–H and O–H groups in total. The Bertz CT molecular complexity index is 906. The number of azide groups is 1. The van der Waals surface area contributed by atoms with Crippen LogP contribution in [0.4, 0.5) is 13.2 Å². The number of carbonyl (C=O) groups excluding carboxylic acids is 1. The summed E-state index contributed by atoms with van der Waals surface area (Å²) in [4.78, 5) is 13.9. The first-order valence-corrected chi connectivity index (χ1v) is 12.2. The Labute approximate surface area is 195 Å². The molecular formula is C20H29F3N4O6S. The summed E-state index contributed by atoms with van der Waals surface area (Å²) in [6.45, 7) is 1.31. The third-order valence-electron chi connectivity index (χ3n) is 4.83. The van der Waals surface area contributed by atoms with Crippen LogP contribution in [0.3, 0.4) is 0 Å². The highest BCUT2D eigenvalue weighted by molar-refractivity contribution is 7.91. The Kier molecular flexibility index (Phi) is 12.9. The Balaban J connectivity index is 2.37. The summed E-state index contributed by atoms with van der Waals surface area (Å²) in [5.41, 5.74) is 12.5. The molecule has 0 bridgehead atoms. The molecule has 0 aliphatic heterocycles. The van der Waals surface area contributed by atoms with E-state index in [4.69, 9.17) is 20.7 Å². The van der Waals surface area contributed by atoms with Gasteiger partial charge in [0.05, 0.1) is 42.1 Å². The van der Waals surface area contributed by atoms with Crippen molar-refractivity contribution < 1.29 is 41.0 Å². The van der Waals surface area contributed by atoms with Crippen LogP contribution < -0.4 is 5.73 Å². The Hall–Kier alpha value is -2.38. The van der Waals surface area contributed by atoms with E-state index in [2.05, 4.69) is 10.0 Å². The second-order valence-electron chi connectivity index (χ2n) is 7.46. The number of rotatable bonds is 17. The van der Waals surface area contributed by atoms with Crippen molar-refractivity contribution in [3.05, 3.63) is 40.3 Å². The molecular weight excluding hydrogens is 481 g/mol. The summed E-state index contributed by atoms with van der Waals surface area (Å²) in [5.74, 6) is -1.71. The fourth-order valence-electron chi connectivity index (χ4n) is 3.01. The minimum Gasteiger partial charge on any atom is -0.392 e. The van der Waals surface area contributed by atoms with Gasteiger partial charge in [0.25, 0.3) is 0 Å². The summed E-state index contributed by atoms with van der Waals surface area (Å²) < 4.78 is 73.1. The Morgan fingerprint density at radius 2 is 1.71 bits per heavy atom. The Morgan fingerprint density at radius 3 is 2.26 bits per heavy atom. The van der Waals surface area contributed by atoms with Gasteiger partial charge in [-0.2, -0.15) is 13.2 Å². The number of benzene rings is 1. The Morgan fingerprint density at radius 1 is 1.09 bits per heavy atom. The number of primary amides is 1. The van der Waals surface area contributed by atoms with Crippen LogP contribution in [0, 0.1) is 5.92 Å². The molecule has 2 atom stereocenters. The number of aliphatic hydroxyl groups excluding tert-OH is 1. The van der Waals surface area contributed by atoms with Crippen molar-refractivity contribution in [2.24, 2.45) is 16.8 Å². The normalized spacial score (nSPS) is 13.8. The van der Waals surface area contributed by atoms with Gasteiger partial charge in [-0.25, -0.2) is 8.42 Å². The van der Waals surface area contributed by atoms with Crippen LogP contribution in [-0.4, -0.2) is 64.3 Å². The van der Waals surface area contributed by atoms with E-state index in [0.29, 0.717) is 38.0 Å². The molecule has 0 saturated carbocycles. The molecule has 0 spiro atoms. The number of sulfone groups is 1. The molecule has 1 rings (SSSR count). The van der Waals surface area contributed by atoms with Gasteiger partial charge in [0, 0.05) is 24.0 Å². The number of alkyl halides is 3. The highest BCUT2D eigenvalue weighted by Gasteiger charge is 2.31. The molecule has 0 saturated heterocycles. The number of hydrogen-bond acceptors (Lipinski definition) is 7. The number of amides is 1. The van der Waals surface area contributed by atoms with Crippen molar-refractivity contribution in [1.82, 2.24) is 0 Å². The van der Waals surface area contributed by atoms with Crippen LogP contribution in [0.1, 0.15) is 31.2 Å². The minimum absolute atomic E-state index is 0.0729. The lowest BCUT2D eigenvalue weighted by Gasteiger charge is -2.16. The van der Waals surface area contributed by atoms with Gasteiger partial charge >= 0.3 is 6.18 Å². The first kappa shape index (κ1) is 29.7. The third kappa shape index (κ3) is 11.7. The lowest BCUT2D eigenvalue weighted by molar-refractivity contribution is -0.137. The maximum absolute atomic E-state index is 12.6. The van der Waals surface area contributed by atoms with Crippen LogP contribution in [0.15, 0.2) is 34.3 Å². The van der Waals surface area contributed by atoms with E-state index < -0.39 is 45.3 Å². The molecule has 1 aromatic carbocycles. The highest BCUT2D eigenvalue weighted by atomic mass is 32.2. The average Bonchev–Trinajstić information content (AvgIpc) is 2.75. The van der Waals surface area contributed by atoms with Gasteiger partial charge in [-0.05, 0) is 49.1 Å². The van der Waals surface area contributed by atoms with Crippen molar-refractivity contribution in [3.63, 3.8) is 0 Å². The van der Waals surface area contributed by atoms with E-state index in [-0.39, 0.29) is 37.7 Å². The number of ether oxygens (including phenoxy) is 2. The summed E-state index contributed by atoms with van der Waals surface area (Å²) in [5, 5.41) is 13.4. The molecule has 1 amide bonds. The van der Waals surface area contributed by atoms with Crippen molar-refractivity contribution in [1.29, 1.82) is 0 Å². The number of aliphatic hydroxyl groups is 1. The molecule has 14 heteroatoms. The topological polar surface area (TPSA) is 165 Å². The fraction of sp³-hybridized carbons (Fsp3) is 0.650. The molecule has 0 heterocycles. The fourth-order valence-corrected chi connectivity index (χ4v) is 4.43. The van der Waals surface area contributed by atoms with Crippen molar-refractivity contribution in [2.45, 2.75) is 42.9 Å². The van der Waals surface area contributed by atoms with Crippen molar-refractivity contribution in [2.75, 3.05) is 38.7 Å². The van der Waals surface area contributed by atoms with Gasteiger partial charge in [-0.3, -0.25) is 4.79 Å². The molecule has 0 radical (unpaired) electrons. The van der Waals surface area contributed by atoms with Crippen molar-refractivity contribution in [3.8, 4) is 0 Å². The van der Waals surface area contributed by atoms with Gasteiger partial charge in [0.1, 0.15) is 0 Å². The van der Waals surface area contributed by atoms with E-state index in [1.54, 1.807) is 0 Å². The number of nitrogens with two attached hydrogens (primary N) is 1. The van der Waals surface area contributed by atoms with Crippen LogP contribution in [-0.2, 0) is 30.3 Å². The zero-order valence-corrected chi connectivity index (χ0v) is 19.3. The van der Waals surface area contributed by atoms with E-state index in [9.17, 15) is 31.5 Å². The maximum atomic E-state index is 12.6. The monoisotopic (exact) mass is 510 g/mol. The third-order valence-corrected chi connectivity index (χ3v) is 6.64. The van der Waals surface area contributed by atoms with Gasteiger partial charge in [-0.15, -0.1) is 0 Å². The van der Waals surface area contributed by atoms with Crippen LogP contribution in [0.25, 0.3) is 10.4 Å². The summed E-state index contributed by atoms with van der Waals surface area (Å²) in [6, 6.07) is 3.07. The zero-order chi connectivity index (χ0) is 25.6. The molecule has 0 fully saturated rings. The first-order chi connectivity index (χ1) is 16.0. The van der Waals surface area contributed by atoms with Crippen LogP contribution in [0.5, 0.6) is 0 Å². The first-order valence-electron chi connectivity index (χ1n) is 10.5. The number of nitrogens with zero attached hydrogens (tertiary/aromatic N) is 3. The number of halogens is 3. The van der Waals surface area contributed by atoms with Gasteiger partial charge in [0.2, 0.25) is 5.91 Å². The lowest BCUT2D eigenvalue weighted by Crippen LogP contribution is -2.26. The largest absolute Gasteiger partial charge is 0.416 e. The predicted molar refractivity (Wildman–Crippen MR) is 116 cm³/mol. The van der Waals surface area contributed by atoms with Crippen LogP contribution in [0.2, 0.25) is 0 Å². The number of hydrogen-bond donors (Lipinski definition) is 2. The zero-order valence-electron chi connectivity index (χ0n) is 18.5. The molecule has 0 aliphatic carbocycles. The molecule has 2 unspecified atom stereocenters. The second-order valence-corrected chi connectivity index (χ2v) is 9.49. The lowest BCUT2D eigenvalue weighted by atomic mass is 9.97. The quantitative estimate of drug-likeness (QED) is 0.142. The van der Waals surface area contributed by atoms with Gasteiger partial charge in [0.15, 0.2) is 9.84 Å². The van der Waals surface area contributed by atoms with Gasteiger partial charge in [-0.1, -0.05) is 11.5 Å². The molecule has 192 valence electrons. The molecule has 10 nitrogen and oxygen atoms in total. The molecule has 1 aromatic rings. The highest BCUT2D eigenvalue weighted by Crippen LogP contribution is 2.30. The molecule has 34 heavy (non-hydrogen) atoms. The van der Waals surface area contributed by atoms with Crippen molar-refractivity contribution >= 4 is 15.7 Å². The standard InChI is InChI=1S/C20H29F3N4O6S/c21-20(22,23)16-4-6-18(7-5-16)34(30,31)14-17(28)3-1-2-15(19(24)29)8-10-32-12-13-33-11-9-26-27-25/h4-7,15,17,28H,1-3,8-14H2,(H2,24,29). The SMILES string of the molecule is [N-]=[N+]=NCCOCCOCCC(CCCC(O)CS(=O)(=O)c1ccc(C(F)(F)F)cc1)C(N)=O. The molecule has 0 aliphatic rings. The molecule has 0 aromatic heterocycles. The second kappa shape index (κ2) is 14.8. The van der Waals surface area contributed by atoms with E-state index >= 15 is 0 Å². The van der Waals surface area contributed by atoms with Crippen LogP contribution >= 0.6 is 0 Å². The minimum atomic E-state index is -4.58. The summed E-state index contributed by atoms with van der Waals surface area (Å²) in [7, 11) is -3.98. The van der Waals surface area contributed by atoms with E-state index in [0.717, 1.165) is 12.1 Å². The number of carbonyl (C=O) groups is 1. The van der Waals surface area contributed by atoms with Gasteiger partial charge < -0.3 is 20.3 Å². The summed E-state index contributed by atoms with van der Waals surface area (Å²) >= 11 is 0. The summed E-state index contributed by atoms with van der Waals surface area (Å²) in [6.07, 6.45) is -4.78. The van der Waals surface area contributed by atoms with E-state index in [1.807, 2.05) is 0 Å².